The van der Waals surface area contributed by atoms with Crippen LogP contribution in [0.2, 0.25) is 0 Å². The quantitative estimate of drug-likeness (QED) is 0.0659. The number of benzene rings is 4. The second-order valence-electron chi connectivity index (χ2n) is 9.62. The molecule has 0 fully saturated rings. The Kier molecular flexibility index (Phi) is 9.20. The largest absolute Gasteiger partial charge is 0.507 e. The Labute approximate surface area is 256 Å². The highest BCUT2D eigenvalue weighted by atomic mass is 31.2. The molecule has 0 amide bonds. The van der Waals surface area contributed by atoms with Crippen LogP contribution in [0.4, 0.5) is 0 Å². The molecule has 0 saturated heterocycles. The van der Waals surface area contributed by atoms with Crippen molar-refractivity contribution in [1.82, 2.24) is 0 Å². The fraction of sp³-hybridized carbons (Fsp3) is 0.111. The first-order valence-electron chi connectivity index (χ1n) is 14.1. The van der Waals surface area contributed by atoms with Gasteiger partial charge in [0.05, 0.1) is 18.8 Å². The van der Waals surface area contributed by atoms with E-state index < -0.39 is 19.0 Å². The van der Waals surface area contributed by atoms with E-state index in [0.717, 1.165) is 15.9 Å². The van der Waals surface area contributed by atoms with E-state index >= 15 is 0 Å². The van der Waals surface area contributed by atoms with Crippen molar-refractivity contribution in [2.45, 2.75) is 13.8 Å². The van der Waals surface area contributed by atoms with Crippen LogP contribution in [0.15, 0.2) is 120 Å². The summed E-state index contributed by atoms with van der Waals surface area (Å²) in [5, 5.41) is 21.8. The molecule has 5 aromatic rings. The minimum absolute atomic E-state index is 0.0290. The highest BCUT2D eigenvalue weighted by molar-refractivity contribution is 8.01. The number of carbonyl (C=O) groups is 2. The van der Waals surface area contributed by atoms with Crippen molar-refractivity contribution in [1.29, 1.82) is 5.41 Å². The van der Waals surface area contributed by atoms with Gasteiger partial charge in [0.2, 0.25) is 11.1 Å². The molecule has 0 unspecified atom stereocenters. The Hall–Kier alpha value is -5.22. The lowest BCUT2D eigenvalue weighted by molar-refractivity contribution is 0.0526. The number of allylic oxidation sites excluding steroid dienone is 1. The van der Waals surface area contributed by atoms with Crippen molar-refractivity contribution < 1.29 is 28.6 Å². The van der Waals surface area contributed by atoms with E-state index in [4.69, 9.17) is 19.3 Å². The van der Waals surface area contributed by atoms with Crippen LogP contribution in [-0.2, 0) is 4.74 Å². The number of para-hydroxylation sites is 1. The Morgan fingerprint density at radius 2 is 1.27 bits per heavy atom. The average molecular weight is 605 g/mol. The summed E-state index contributed by atoms with van der Waals surface area (Å²) in [6.45, 7) is 3.73. The molecule has 8 heteroatoms. The Bertz CT molecular complexity index is 1730. The normalized spacial score (nSPS) is 11.0. The smallest absolute Gasteiger partial charge is 0.346 e. The summed E-state index contributed by atoms with van der Waals surface area (Å²) in [5.74, 6) is 0.263. The van der Waals surface area contributed by atoms with Crippen LogP contribution >= 0.6 is 7.26 Å². The van der Waals surface area contributed by atoms with Gasteiger partial charge < -0.3 is 19.0 Å². The molecule has 0 saturated carbocycles. The molecular weight excluding hydrogens is 573 g/mol. The number of esters is 1. The molecule has 220 valence electrons. The van der Waals surface area contributed by atoms with E-state index in [2.05, 4.69) is 5.87 Å². The fourth-order valence-corrected chi connectivity index (χ4v) is 9.75. The van der Waals surface area contributed by atoms with Crippen molar-refractivity contribution in [2.24, 2.45) is 0 Å². The molecule has 0 spiro atoms. The summed E-state index contributed by atoms with van der Waals surface area (Å²) in [6.07, 6.45) is 0. The molecule has 0 atom stereocenters. The van der Waals surface area contributed by atoms with Crippen molar-refractivity contribution >= 4 is 51.7 Å². The molecule has 2 N–H and O–H groups in total. The van der Waals surface area contributed by atoms with E-state index in [1.54, 1.807) is 26.0 Å². The van der Waals surface area contributed by atoms with Crippen LogP contribution in [0.25, 0.3) is 5.57 Å². The summed E-state index contributed by atoms with van der Waals surface area (Å²) in [4.78, 5) is 28.0. The molecule has 1 aromatic heterocycles. The predicted octanol–water partition coefficient (Wildman–Crippen LogP) is 5.69. The number of Topliss-reactive ketones (excluding diaryl/α,β-unsaturated/α-hetero) is 1. The molecule has 4 aromatic carbocycles. The van der Waals surface area contributed by atoms with Crippen molar-refractivity contribution in [3.05, 3.63) is 132 Å². The van der Waals surface area contributed by atoms with Crippen molar-refractivity contribution in [3.63, 3.8) is 0 Å². The number of ether oxygens (including phenoxy) is 2. The summed E-state index contributed by atoms with van der Waals surface area (Å²) in [5.41, 5.74) is -0.448. The predicted molar refractivity (Wildman–Crippen MR) is 174 cm³/mol. The fourth-order valence-electron chi connectivity index (χ4n) is 5.31. The maximum atomic E-state index is 14.1. The topological polar surface area (TPSA) is 110 Å². The minimum atomic E-state index is -3.01. The molecule has 0 aliphatic carbocycles. The lowest BCUT2D eigenvalue weighted by Gasteiger charge is -2.27. The van der Waals surface area contributed by atoms with E-state index in [9.17, 15) is 14.7 Å². The van der Waals surface area contributed by atoms with Crippen LogP contribution in [0.1, 0.15) is 40.3 Å². The van der Waals surface area contributed by atoms with Gasteiger partial charge in [-0.2, -0.15) is 0 Å². The third-order valence-electron chi connectivity index (χ3n) is 7.10. The number of phenolic OH excluding ortho intramolecular Hbond substituents is 1. The van der Waals surface area contributed by atoms with Crippen LogP contribution in [-0.4, -0.2) is 35.9 Å². The second-order valence-corrected chi connectivity index (χ2v) is 13.0. The molecular formula is C36H31NO6P+. The number of nitrogens with one attached hydrogen (secondary N) is 1. The number of aromatic hydroxyl groups is 1. The van der Waals surface area contributed by atoms with E-state index in [0.29, 0.717) is 5.30 Å². The van der Waals surface area contributed by atoms with E-state index in [1.807, 2.05) is 91.0 Å². The molecule has 7 nitrogen and oxygen atoms in total. The molecule has 0 aliphatic rings. The monoisotopic (exact) mass is 604 g/mol. The number of ketones is 1. The highest BCUT2D eigenvalue weighted by Crippen LogP contribution is 2.58. The first-order chi connectivity index (χ1) is 21.5. The zero-order chi connectivity index (χ0) is 31.1. The zero-order valence-corrected chi connectivity index (χ0v) is 25.2. The number of hydrogen-bond donors (Lipinski definition) is 2. The van der Waals surface area contributed by atoms with E-state index in [1.165, 1.54) is 12.1 Å². The minimum Gasteiger partial charge on any atom is -0.507 e. The van der Waals surface area contributed by atoms with Gasteiger partial charge in [-0.15, -0.1) is 0 Å². The van der Waals surface area contributed by atoms with Gasteiger partial charge in [-0.25, -0.2) is 4.79 Å². The maximum absolute atomic E-state index is 14.1. The Morgan fingerprint density at radius 3 is 1.73 bits per heavy atom. The van der Waals surface area contributed by atoms with Gasteiger partial charge in [0, 0.05) is 0 Å². The number of hydrogen-bond acceptors (Lipinski definition) is 7. The summed E-state index contributed by atoms with van der Waals surface area (Å²) < 4.78 is 18.1. The van der Waals surface area contributed by atoms with Gasteiger partial charge in [0.1, 0.15) is 27.2 Å². The third kappa shape index (κ3) is 5.35. The van der Waals surface area contributed by atoms with Crippen LogP contribution < -0.4 is 26.0 Å². The van der Waals surface area contributed by atoms with Gasteiger partial charge in [0.15, 0.2) is 18.6 Å². The standard InChI is InChI=1S/C36H30NO6P/c1-3-41-35(40)31-33(29(24-37)32(39)28-22-14-15-23-30(28)38)43-36(42-4-2)34(31)44(25-16-8-5-9-17-25,26-18-10-6-11-19-26)27-20-12-7-13-21-27/h5-23,37H,3-4H2,1-2H3/p+1. The number of carbonyl (C=O) groups excluding carboxylic acids is 2. The van der Waals surface area contributed by atoms with E-state index in [-0.39, 0.29) is 47.4 Å². The van der Waals surface area contributed by atoms with Gasteiger partial charge >= 0.3 is 11.9 Å². The van der Waals surface area contributed by atoms with Gasteiger partial charge in [-0.3, -0.25) is 10.2 Å². The first-order valence-corrected chi connectivity index (χ1v) is 15.9. The van der Waals surface area contributed by atoms with Crippen molar-refractivity contribution in [3.8, 4) is 11.7 Å². The molecule has 1 heterocycles. The maximum Gasteiger partial charge on any atom is 0.346 e. The third-order valence-corrected chi connectivity index (χ3v) is 11.4. The lowest BCUT2D eigenvalue weighted by atomic mass is 9.99. The Morgan fingerprint density at radius 1 is 0.773 bits per heavy atom. The molecule has 0 bridgehead atoms. The number of rotatable bonds is 11. The lowest BCUT2D eigenvalue weighted by Crippen LogP contribution is -2.41. The number of phenols is 1. The summed E-state index contributed by atoms with van der Waals surface area (Å²) in [7, 11) is -3.01. The van der Waals surface area contributed by atoms with Gasteiger partial charge in [-0.1, -0.05) is 66.7 Å². The van der Waals surface area contributed by atoms with Crippen molar-refractivity contribution in [2.75, 3.05) is 13.2 Å². The van der Waals surface area contributed by atoms with Gasteiger partial charge in [-0.05, 0) is 68.2 Å². The van der Waals surface area contributed by atoms with Crippen LogP contribution in [0.5, 0.6) is 11.7 Å². The zero-order valence-electron chi connectivity index (χ0n) is 24.3. The van der Waals surface area contributed by atoms with Gasteiger partial charge in [0.25, 0.3) is 0 Å². The highest BCUT2D eigenvalue weighted by Gasteiger charge is 2.56. The second kappa shape index (κ2) is 13.4. The Balaban J connectivity index is 1.97. The number of furan rings is 1. The molecule has 0 radical (unpaired) electrons. The first kappa shape index (κ1) is 30.2. The van der Waals surface area contributed by atoms with Crippen LogP contribution in [0.3, 0.4) is 0 Å². The van der Waals surface area contributed by atoms with Crippen LogP contribution in [0, 0.1) is 5.41 Å². The average Bonchev–Trinajstić information content (AvgIpc) is 3.42. The molecule has 5 rings (SSSR count). The summed E-state index contributed by atoms with van der Waals surface area (Å²) >= 11 is 0. The summed E-state index contributed by atoms with van der Waals surface area (Å²) in [6, 6.07) is 35.4. The molecule has 0 aliphatic heterocycles. The SMILES string of the molecule is CCOC(=O)c1c(C(=C=N)C(=O)c2ccccc2O)oc(OCC)c1[P+](c1ccccc1)(c1ccccc1)c1ccccc1. The molecule has 44 heavy (non-hydrogen) atoms.